The van der Waals surface area contributed by atoms with E-state index >= 15 is 0 Å². The zero-order valence-electron chi connectivity index (χ0n) is 16.5. The highest BCUT2D eigenvalue weighted by atomic mass is 16.2. The van der Waals surface area contributed by atoms with Gasteiger partial charge in [-0.05, 0) is 29.8 Å². The molecule has 9 heteroatoms. The minimum absolute atomic E-state index is 0.266. The van der Waals surface area contributed by atoms with Gasteiger partial charge in [0.15, 0.2) is 11.6 Å². The van der Waals surface area contributed by atoms with E-state index in [1.807, 2.05) is 53.4 Å². The Balaban J connectivity index is 1.61. The normalized spacial score (nSPS) is 10.3. The number of pyridine rings is 2. The van der Waals surface area contributed by atoms with Gasteiger partial charge in [0.05, 0.1) is 6.54 Å². The maximum absolute atomic E-state index is 12.3. The molecule has 0 radical (unpaired) electrons. The number of anilines is 4. The molecule has 0 aliphatic rings. The highest BCUT2D eigenvalue weighted by molar-refractivity contribution is 5.93. The van der Waals surface area contributed by atoms with Crippen molar-refractivity contribution in [1.82, 2.24) is 25.4 Å². The smallest absolute Gasteiger partial charge is 0.288 e. The fourth-order valence-electron chi connectivity index (χ4n) is 2.92. The lowest BCUT2D eigenvalue weighted by Crippen LogP contribution is -2.31. The molecule has 0 atom stereocenters. The van der Waals surface area contributed by atoms with Crippen LogP contribution in [0.4, 0.5) is 23.1 Å². The number of hydrazine groups is 1. The Bertz CT molecular complexity index is 1140. The van der Waals surface area contributed by atoms with E-state index in [9.17, 15) is 4.79 Å². The number of nitrogen functional groups attached to an aromatic ring is 1. The summed E-state index contributed by atoms with van der Waals surface area (Å²) >= 11 is 0. The Morgan fingerprint density at radius 1 is 0.871 bits per heavy atom. The average molecular weight is 412 g/mol. The second-order valence-corrected chi connectivity index (χ2v) is 6.51. The second-order valence-electron chi connectivity index (χ2n) is 6.51. The van der Waals surface area contributed by atoms with E-state index < -0.39 is 5.91 Å². The number of hydrogen-bond donors (Lipinski definition) is 3. The zero-order valence-corrected chi connectivity index (χ0v) is 16.5. The van der Waals surface area contributed by atoms with Crippen molar-refractivity contribution in [3.8, 4) is 0 Å². The van der Waals surface area contributed by atoms with Crippen LogP contribution in [-0.4, -0.2) is 25.8 Å². The van der Waals surface area contributed by atoms with Crippen LogP contribution in [0.5, 0.6) is 0 Å². The van der Waals surface area contributed by atoms with Gasteiger partial charge in [-0.1, -0.05) is 42.5 Å². The van der Waals surface area contributed by atoms with E-state index in [1.165, 1.54) is 6.33 Å². The van der Waals surface area contributed by atoms with Crippen LogP contribution in [0.15, 0.2) is 85.5 Å². The van der Waals surface area contributed by atoms with Gasteiger partial charge in [0.2, 0.25) is 0 Å². The largest absolute Gasteiger partial charge is 0.393 e. The quantitative estimate of drug-likeness (QED) is 0.396. The summed E-state index contributed by atoms with van der Waals surface area (Å²) < 4.78 is 0. The van der Waals surface area contributed by atoms with Crippen molar-refractivity contribution in [1.29, 1.82) is 0 Å². The number of amides is 1. The minimum Gasteiger partial charge on any atom is -0.393 e. The van der Waals surface area contributed by atoms with Crippen LogP contribution in [0, 0.1) is 0 Å². The summed E-state index contributed by atoms with van der Waals surface area (Å²) in [6, 6.07) is 20.6. The first-order chi connectivity index (χ1) is 15.2. The summed E-state index contributed by atoms with van der Waals surface area (Å²) in [6.07, 6.45) is 4.62. The third-order valence-corrected chi connectivity index (χ3v) is 4.42. The van der Waals surface area contributed by atoms with Crippen molar-refractivity contribution in [3.05, 3.63) is 96.7 Å². The van der Waals surface area contributed by atoms with Gasteiger partial charge in [-0.15, -0.1) is 0 Å². The molecule has 0 unspecified atom stereocenters. The van der Waals surface area contributed by atoms with Crippen LogP contribution < -0.4 is 21.5 Å². The molecule has 154 valence electrons. The number of aromatic nitrogens is 4. The van der Waals surface area contributed by atoms with Gasteiger partial charge in [-0.2, -0.15) is 0 Å². The average Bonchev–Trinajstić information content (AvgIpc) is 2.84. The van der Waals surface area contributed by atoms with Crippen LogP contribution in [0.25, 0.3) is 0 Å². The molecule has 0 bridgehead atoms. The molecule has 0 fully saturated rings. The molecule has 1 amide bonds. The summed E-state index contributed by atoms with van der Waals surface area (Å²) in [5.41, 5.74) is 13.3. The number of hydrogen-bond acceptors (Lipinski definition) is 8. The number of nitrogens with two attached hydrogens (primary N) is 1. The Labute approximate surface area is 179 Å². The molecule has 0 saturated carbocycles. The lowest BCUT2D eigenvalue weighted by molar-refractivity contribution is 0.0957. The Kier molecular flexibility index (Phi) is 5.94. The van der Waals surface area contributed by atoms with E-state index in [2.05, 4.69) is 30.8 Å². The maximum atomic E-state index is 12.3. The van der Waals surface area contributed by atoms with Crippen LogP contribution in [0.2, 0.25) is 0 Å². The first kappa shape index (κ1) is 19.8. The van der Waals surface area contributed by atoms with Crippen molar-refractivity contribution in [3.63, 3.8) is 0 Å². The van der Waals surface area contributed by atoms with E-state index in [0.29, 0.717) is 18.2 Å². The second kappa shape index (κ2) is 9.31. The summed E-state index contributed by atoms with van der Waals surface area (Å²) in [7, 11) is 0. The number of benzene rings is 1. The van der Waals surface area contributed by atoms with Crippen molar-refractivity contribution in [2.24, 2.45) is 0 Å². The summed E-state index contributed by atoms with van der Waals surface area (Å²) in [6.45, 7) is 0.499. The van der Waals surface area contributed by atoms with E-state index in [4.69, 9.17) is 5.73 Å². The van der Waals surface area contributed by atoms with Crippen LogP contribution in [0.1, 0.15) is 16.1 Å². The molecule has 0 saturated heterocycles. The fraction of sp³-hybridized carbons (Fsp3) is 0.0455. The van der Waals surface area contributed by atoms with Gasteiger partial charge in [0, 0.05) is 12.4 Å². The minimum atomic E-state index is -0.411. The first-order valence-corrected chi connectivity index (χ1v) is 9.53. The van der Waals surface area contributed by atoms with Crippen molar-refractivity contribution < 1.29 is 4.79 Å². The van der Waals surface area contributed by atoms with E-state index in [0.717, 1.165) is 5.56 Å². The molecule has 4 N–H and O–H groups in total. The van der Waals surface area contributed by atoms with Crippen molar-refractivity contribution in [2.45, 2.75) is 6.54 Å². The topological polar surface area (TPSA) is 122 Å². The molecule has 1 aromatic carbocycles. The third-order valence-electron chi connectivity index (χ3n) is 4.42. The SMILES string of the molecule is Nc1c(NNC(=O)c2ccccn2)ncnc1N(Cc1ccccc1)c1ccccn1. The molecule has 0 spiro atoms. The molecule has 31 heavy (non-hydrogen) atoms. The molecule has 4 aromatic rings. The molecule has 4 rings (SSSR count). The first-order valence-electron chi connectivity index (χ1n) is 9.53. The molecule has 9 nitrogen and oxygen atoms in total. The predicted molar refractivity (Wildman–Crippen MR) is 118 cm³/mol. The molecule has 3 heterocycles. The Morgan fingerprint density at radius 2 is 1.61 bits per heavy atom. The van der Waals surface area contributed by atoms with Gasteiger partial charge in [-0.3, -0.25) is 20.6 Å². The lowest BCUT2D eigenvalue weighted by Gasteiger charge is -2.24. The van der Waals surface area contributed by atoms with Crippen LogP contribution in [0.3, 0.4) is 0 Å². The lowest BCUT2D eigenvalue weighted by atomic mass is 10.2. The van der Waals surface area contributed by atoms with Crippen LogP contribution in [-0.2, 0) is 6.54 Å². The van der Waals surface area contributed by atoms with Gasteiger partial charge in [-0.25, -0.2) is 15.0 Å². The molecule has 3 aromatic heterocycles. The number of carbonyl (C=O) groups excluding carboxylic acids is 1. The van der Waals surface area contributed by atoms with Gasteiger partial charge >= 0.3 is 0 Å². The summed E-state index contributed by atoms with van der Waals surface area (Å²) in [4.78, 5) is 31.2. The van der Waals surface area contributed by atoms with Gasteiger partial charge < -0.3 is 10.6 Å². The summed E-state index contributed by atoms with van der Waals surface area (Å²) in [5.74, 6) is 1.00. The Hall–Kier alpha value is -4.53. The number of rotatable bonds is 7. The fourth-order valence-corrected chi connectivity index (χ4v) is 2.92. The van der Waals surface area contributed by atoms with E-state index in [-0.39, 0.29) is 17.2 Å². The van der Waals surface area contributed by atoms with Gasteiger partial charge in [0.25, 0.3) is 5.91 Å². The standard InChI is InChI=1S/C22H20N8O/c23-19-20(28-29-22(31)17-10-4-6-12-24-17)26-15-27-21(19)30(18-11-5-7-13-25-18)14-16-8-2-1-3-9-16/h1-13,15H,14,23H2,(H,29,31)(H,26,27,28). The van der Waals surface area contributed by atoms with Crippen molar-refractivity contribution >= 4 is 29.0 Å². The van der Waals surface area contributed by atoms with Gasteiger partial charge in [0.1, 0.15) is 23.5 Å². The summed E-state index contributed by atoms with van der Waals surface area (Å²) in [5, 5.41) is 0. The Morgan fingerprint density at radius 3 is 2.32 bits per heavy atom. The third kappa shape index (κ3) is 4.73. The molecule has 0 aliphatic carbocycles. The number of nitrogens with zero attached hydrogens (tertiary/aromatic N) is 5. The van der Waals surface area contributed by atoms with Crippen molar-refractivity contribution in [2.75, 3.05) is 16.1 Å². The zero-order chi connectivity index (χ0) is 21.5. The predicted octanol–water partition coefficient (Wildman–Crippen LogP) is 2.94. The molecular formula is C22H20N8O. The molecule has 0 aliphatic heterocycles. The monoisotopic (exact) mass is 412 g/mol. The highest BCUT2D eigenvalue weighted by Crippen LogP contribution is 2.31. The highest BCUT2D eigenvalue weighted by Gasteiger charge is 2.19. The number of carbonyl (C=O) groups is 1. The molecular weight excluding hydrogens is 392 g/mol. The number of nitrogens with one attached hydrogen (secondary N) is 2. The van der Waals surface area contributed by atoms with E-state index in [1.54, 1.807) is 30.6 Å². The maximum Gasteiger partial charge on any atom is 0.288 e. The van der Waals surface area contributed by atoms with Crippen LogP contribution >= 0.6 is 0 Å².